The van der Waals surface area contributed by atoms with Gasteiger partial charge in [-0.15, -0.1) is 0 Å². The third kappa shape index (κ3) is 7.08. The maximum absolute atomic E-state index is 13.4. The number of anilines is 1. The predicted octanol–water partition coefficient (Wildman–Crippen LogP) is 3.43. The normalized spacial score (nSPS) is 25.0. The number of fused-ring (bicyclic) bond motifs is 1. The number of carbonyl (C=O) groups excluding carboxylic acids is 2. The van der Waals surface area contributed by atoms with E-state index in [-0.39, 0.29) is 36.0 Å². The largest absolute Gasteiger partial charge is 0.491 e. The van der Waals surface area contributed by atoms with Crippen LogP contribution in [0.4, 0.5) is 10.5 Å². The van der Waals surface area contributed by atoms with Gasteiger partial charge in [-0.3, -0.25) is 9.69 Å². The van der Waals surface area contributed by atoms with Crippen molar-refractivity contribution in [3.05, 3.63) is 23.8 Å². The van der Waals surface area contributed by atoms with E-state index in [1.807, 2.05) is 13.8 Å². The number of ether oxygens (including phenoxy) is 2. The van der Waals surface area contributed by atoms with Gasteiger partial charge in [0.05, 0.1) is 11.7 Å². The zero-order chi connectivity index (χ0) is 24.1. The van der Waals surface area contributed by atoms with E-state index < -0.39 is 0 Å². The van der Waals surface area contributed by atoms with Crippen LogP contribution in [-0.4, -0.2) is 80.3 Å². The Morgan fingerprint density at radius 2 is 1.97 bits per heavy atom. The van der Waals surface area contributed by atoms with Crippen LogP contribution in [-0.2, 0) is 4.74 Å². The average molecular weight is 461 g/mol. The molecule has 3 amide bonds. The minimum atomic E-state index is -0.308. The quantitative estimate of drug-likeness (QED) is 0.703. The number of nitrogens with zero attached hydrogens (tertiary/aromatic N) is 2. The molecule has 184 valence electrons. The fourth-order valence-corrected chi connectivity index (χ4v) is 4.25. The number of rotatable bonds is 5. The molecule has 0 unspecified atom stereocenters. The first-order valence-electron chi connectivity index (χ1n) is 12.0. The Hall–Kier alpha value is -2.32. The number of likely N-dealkylation sites (N-methyl/N-ethyl adjacent to an activating group) is 1. The highest BCUT2D eigenvalue weighted by atomic mass is 16.5. The molecule has 0 aromatic heterocycles. The Morgan fingerprint density at radius 1 is 1.24 bits per heavy atom. The minimum absolute atomic E-state index is 0.0124. The van der Waals surface area contributed by atoms with Gasteiger partial charge in [0, 0.05) is 51.6 Å². The molecule has 8 nitrogen and oxygen atoms in total. The van der Waals surface area contributed by atoms with Gasteiger partial charge in [0.2, 0.25) is 0 Å². The number of carbonyl (C=O) groups is 2. The van der Waals surface area contributed by atoms with E-state index in [0.29, 0.717) is 30.2 Å². The summed E-state index contributed by atoms with van der Waals surface area (Å²) in [6.07, 6.45) is 2.52. The lowest BCUT2D eigenvalue weighted by molar-refractivity contribution is 0.00994. The van der Waals surface area contributed by atoms with E-state index in [0.717, 1.165) is 19.0 Å². The van der Waals surface area contributed by atoms with Crippen molar-refractivity contribution in [2.24, 2.45) is 11.8 Å². The van der Waals surface area contributed by atoms with E-state index in [4.69, 9.17) is 9.47 Å². The summed E-state index contributed by atoms with van der Waals surface area (Å²) in [6, 6.07) is 5.14. The molecular weight excluding hydrogens is 420 g/mol. The summed E-state index contributed by atoms with van der Waals surface area (Å²) >= 11 is 0. The zero-order valence-corrected chi connectivity index (χ0v) is 20.9. The molecule has 0 radical (unpaired) electrons. The van der Waals surface area contributed by atoms with Crippen LogP contribution in [0.5, 0.6) is 5.75 Å². The Labute approximate surface area is 198 Å². The second-order valence-electron chi connectivity index (χ2n) is 9.96. The van der Waals surface area contributed by atoms with Crippen molar-refractivity contribution in [2.45, 2.75) is 58.7 Å². The van der Waals surface area contributed by atoms with Crippen molar-refractivity contribution in [3.63, 3.8) is 0 Å². The van der Waals surface area contributed by atoms with Crippen LogP contribution in [0.3, 0.4) is 0 Å². The van der Waals surface area contributed by atoms with Gasteiger partial charge in [-0.25, -0.2) is 4.79 Å². The smallest absolute Gasteiger partial charge is 0.319 e. The molecule has 1 aromatic carbocycles. The molecule has 1 aliphatic heterocycles. The second-order valence-corrected chi connectivity index (χ2v) is 9.96. The topological polar surface area (TPSA) is 83.1 Å². The lowest BCUT2D eigenvalue weighted by Crippen LogP contribution is -2.47. The molecule has 1 heterocycles. The third-order valence-electron chi connectivity index (χ3n) is 6.44. The molecule has 0 spiro atoms. The number of benzene rings is 1. The highest BCUT2D eigenvalue weighted by Gasteiger charge is 2.31. The van der Waals surface area contributed by atoms with Crippen molar-refractivity contribution in [1.29, 1.82) is 0 Å². The van der Waals surface area contributed by atoms with Crippen molar-refractivity contribution < 1.29 is 19.1 Å². The molecule has 33 heavy (non-hydrogen) atoms. The first kappa shape index (κ1) is 25.3. The van der Waals surface area contributed by atoms with Gasteiger partial charge < -0.3 is 25.0 Å². The van der Waals surface area contributed by atoms with E-state index in [1.165, 1.54) is 12.8 Å². The molecule has 2 aliphatic rings. The molecular formula is C25H40N4O4. The van der Waals surface area contributed by atoms with Crippen LogP contribution in [0.15, 0.2) is 18.2 Å². The van der Waals surface area contributed by atoms with Gasteiger partial charge >= 0.3 is 6.03 Å². The second kappa shape index (κ2) is 11.2. The van der Waals surface area contributed by atoms with E-state index in [2.05, 4.69) is 29.4 Å². The molecule has 8 heteroatoms. The van der Waals surface area contributed by atoms with Gasteiger partial charge in [0.25, 0.3) is 5.91 Å². The van der Waals surface area contributed by atoms with Crippen molar-refractivity contribution >= 4 is 17.6 Å². The lowest BCUT2D eigenvalue weighted by atomic mass is 10.0. The van der Waals surface area contributed by atoms with Gasteiger partial charge in [-0.05, 0) is 63.6 Å². The number of methoxy groups -OCH3 is 1. The van der Waals surface area contributed by atoms with Crippen molar-refractivity contribution in [2.75, 3.05) is 45.7 Å². The standard InChI is InChI=1S/C25H40N4O4/c1-16(2)26-25(31)27-20-9-10-22-21(11-20)24(30)28(5)14-23(32-6)17(3)12-29(13-19-7-8-19)18(4)15-33-22/h9-11,16-19,23H,7-8,12-15H2,1-6H3,(H2,26,27,31)/t17-,18+,23-/m1/s1. The average Bonchev–Trinajstić information content (AvgIpc) is 3.57. The minimum Gasteiger partial charge on any atom is -0.491 e. The van der Waals surface area contributed by atoms with Crippen molar-refractivity contribution in [3.8, 4) is 5.75 Å². The summed E-state index contributed by atoms with van der Waals surface area (Å²) in [7, 11) is 3.50. The number of hydrogen-bond donors (Lipinski definition) is 2. The van der Waals surface area contributed by atoms with E-state index in [9.17, 15) is 9.59 Å². The molecule has 1 saturated carbocycles. The Balaban J connectivity index is 1.88. The van der Waals surface area contributed by atoms with Crippen LogP contribution >= 0.6 is 0 Å². The maximum atomic E-state index is 13.4. The zero-order valence-electron chi connectivity index (χ0n) is 20.9. The van der Waals surface area contributed by atoms with E-state index >= 15 is 0 Å². The molecule has 0 saturated heterocycles. The van der Waals surface area contributed by atoms with E-state index in [1.54, 1.807) is 37.3 Å². The van der Waals surface area contributed by atoms with Gasteiger partial charge in [0.15, 0.2) is 0 Å². The molecule has 1 fully saturated rings. The van der Waals surface area contributed by atoms with Crippen LogP contribution in [0.2, 0.25) is 0 Å². The molecule has 0 bridgehead atoms. The number of nitrogens with one attached hydrogen (secondary N) is 2. The highest BCUT2D eigenvalue weighted by Crippen LogP contribution is 2.31. The number of hydrogen-bond acceptors (Lipinski definition) is 5. The summed E-state index contributed by atoms with van der Waals surface area (Å²) in [5.74, 6) is 1.41. The van der Waals surface area contributed by atoms with Crippen molar-refractivity contribution in [1.82, 2.24) is 15.1 Å². The Morgan fingerprint density at radius 3 is 2.61 bits per heavy atom. The van der Waals surface area contributed by atoms with Crippen LogP contribution in [0.25, 0.3) is 0 Å². The predicted molar refractivity (Wildman–Crippen MR) is 130 cm³/mol. The Kier molecular flexibility index (Phi) is 8.59. The fourth-order valence-electron chi connectivity index (χ4n) is 4.25. The number of urea groups is 1. The highest BCUT2D eigenvalue weighted by molar-refractivity contribution is 5.99. The first-order chi connectivity index (χ1) is 15.7. The summed E-state index contributed by atoms with van der Waals surface area (Å²) in [5.41, 5.74) is 0.980. The first-order valence-corrected chi connectivity index (χ1v) is 12.0. The monoisotopic (exact) mass is 460 g/mol. The molecule has 3 rings (SSSR count). The van der Waals surface area contributed by atoms with Crippen LogP contribution in [0.1, 0.15) is 50.9 Å². The van der Waals surface area contributed by atoms with Gasteiger partial charge in [-0.2, -0.15) is 0 Å². The van der Waals surface area contributed by atoms with Gasteiger partial charge in [0.1, 0.15) is 12.4 Å². The molecule has 1 aromatic rings. The molecule has 1 aliphatic carbocycles. The summed E-state index contributed by atoms with van der Waals surface area (Å²) in [5, 5.41) is 5.61. The summed E-state index contributed by atoms with van der Waals surface area (Å²) in [4.78, 5) is 29.7. The Bertz CT molecular complexity index is 827. The fraction of sp³-hybridized carbons (Fsp3) is 0.680. The van der Waals surface area contributed by atoms with Crippen LogP contribution in [0, 0.1) is 11.8 Å². The van der Waals surface area contributed by atoms with Gasteiger partial charge in [-0.1, -0.05) is 6.92 Å². The SMILES string of the molecule is CO[C@@H]1CN(C)C(=O)c2cc(NC(=O)NC(C)C)ccc2OC[C@H](C)N(CC2CC2)C[C@H]1C. The van der Waals surface area contributed by atoms with Crippen LogP contribution < -0.4 is 15.4 Å². The molecule has 2 N–H and O–H groups in total. The summed E-state index contributed by atoms with van der Waals surface area (Å²) in [6.45, 7) is 11.1. The summed E-state index contributed by atoms with van der Waals surface area (Å²) < 4.78 is 12.0. The molecule has 3 atom stereocenters. The third-order valence-corrected chi connectivity index (χ3v) is 6.44. The number of amides is 3. The maximum Gasteiger partial charge on any atom is 0.319 e. The lowest BCUT2D eigenvalue weighted by Gasteiger charge is -2.36.